The van der Waals surface area contributed by atoms with Crippen LogP contribution in [0.4, 0.5) is 0 Å². The molecule has 0 bridgehead atoms. The molecule has 0 aromatic heterocycles. The first kappa shape index (κ1) is 11.6. The molecule has 88 valence electrons. The summed E-state index contributed by atoms with van der Waals surface area (Å²) in [7, 11) is 2.00. The molecule has 2 atom stereocenters. The SMILES string of the molecule is CN[C@H]1CN(Cc2ccccc2)CC[C@H]1N. The number of piperidine rings is 1. The molecule has 16 heavy (non-hydrogen) atoms. The first-order valence-corrected chi connectivity index (χ1v) is 5.98. The minimum atomic E-state index is 0.303. The van der Waals surface area contributed by atoms with Crippen molar-refractivity contribution in [2.45, 2.75) is 25.0 Å². The lowest BCUT2D eigenvalue weighted by molar-refractivity contribution is 0.170. The number of benzene rings is 1. The number of likely N-dealkylation sites (tertiary alicyclic amines) is 1. The fourth-order valence-electron chi connectivity index (χ4n) is 2.33. The number of hydrogen-bond donors (Lipinski definition) is 2. The Kier molecular flexibility index (Phi) is 3.93. The third kappa shape index (κ3) is 2.82. The second-order valence-corrected chi connectivity index (χ2v) is 4.57. The number of hydrogen-bond acceptors (Lipinski definition) is 3. The zero-order valence-electron chi connectivity index (χ0n) is 9.89. The maximum atomic E-state index is 6.06. The molecule has 1 fully saturated rings. The van der Waals surface area contributed by atoms with Crippen molar-refractivity contribution >= 4 is 0 Å². The summed E-state index contributed by atoms with van der Waals surface area (Å²) in [6.45, 7) is 3.19. The standard InChI is InChI=1S/C13H21N3/c1-15-13-10-16(8-7-12(13)14)9-11-5-3-2-4-6-11/h2-6,12-13,15H,7-10,14H2,1H3/t12-,13+/m1/s1. The molecule has 1 aromatic rings. The van der Waals surface area contributed by atoms with E-state index in [4.69, 9.17) is 5.73 Å². The van der Waals surface area contributed by atoms with Crippen LogP contribution in [0.25, 0.3) is 0 Å². The lowest BCUT2D eigenvalue weighted by Gasteiger charge is -2.36. The molecule has 3 heteroatoms. The monoisotopic (exact) mass is 219 g/mol. The first-order chi connectivity index (χ1) is 7.79. The summed E-state index contributed by atoms with van der Waals surface area (Å²) in [4.78, 5) is 2.47. The molecule has 0 amide bonds. The molecule has 1 aliphatic heterocycles. The fraction of sp³-hybridized carbons (Fsp3) is 0.538. The van der Waals surface area contributed by atoms with Crippen LogP contribution in [-0.4, -0.2) is 37.1 Å². The van der Waals surface area contributed by atoms with E-state index < -0.39 is 0 Å². The first-order valence-electron chi connectivity index (χ1n) is 5.98. The zero-order chi connectivity index (χ0) is 11.4. The summed E-state index contributed by atoms with van der Waals surface area (Å²) >= 11 is 0. The van der Waals surface area contributed by atoms with Gasteiger partial charge in [-0.25, -0.2) is 0 Å². The van der Waals surface area contributed by atoms with Gasteiger partial charge >= 0.3 is 0 Å². The summed E-state index contributed by atoms with van der Waals surface area (Å²) in [6.07, 6.45) is 1.08. The van der Waals surface area contributed by atoms with E-state index in [0.717, 1.165) is 26.1 Å². The summed E-state index contributed by atoms with van der Waals surface area (Å²) in [6, 6.07) is 11.4. The maximum Gasteiger partial charge on any atom is 0.0345 e. The van der Waals surface area contributed by atoms with Gasteiger partial charge in [-0.2, -0.15) is 0 Å². The van der Waals surface area contributed by atoms with E-state index >= 15 is 0 Å². The van der Waals surface area contributed by atoms with Crippen molar-refractivity contribution in [2.24, 2.45) is 5.73 Å². The Morgan fingerprint density at radius 3 is 2.81 bits per heavy atom. The molecule has 1 heterocycles. The average Bonchev–Trinajstić information content (AvgIpc) is 2.33. The highest BCUT2D eigenvalue weighted by Crippen LogP contribution is 2.12. The number of rotatable bonds is 3. The number of nitrogens with one attached hydrogen (secondary N) is 1. The van der Waals surface area contributed by atoms with Crippen LogP contribution >= 0.6 is 0 Å². The summed E-state index contributed by atoms with van der Waals surface area (Å²) in [5, 5.41) is 3.30. The third-order valence-electron chi connectivity index (χ3n) is 3.37. The summed E-state index contributed by atoms with van der Waals surface area (Å²) in [5.74, 6) is 0. The van der Waals surface area contributed by atoms with Crippen molar-refractivity contribution in [3.8, 4) is 0 Å². The van der Waals surface area contributed by atoms with Crippen LogP contribution in [0.5, 0.6) is 0 Å². The molecule has 0 unspecified atom stereocenters. The number of nitrogens with zero attached hydrogens (tertiary/aromatic N) is 1. The Morgan fingerprint density at radius 1 is 1.38 bits per heavy atom. The van der Waals surface area contributed by atoms with Crippen molar-refractivity contribution < 1.29 is 0 Å². The molecule has 0 radical (unpaired) electrons. The van der Waals surface area contributed by atoms with Gasteiger partial charge in [0, 0.05) is 31.7 Å². The van der Waals surface area contributed by atoms with E-state index in [-0.39, 0.29) is 0 Å². The number of likely N-dealkylation sites (N-methyl/N-ethyl adjacent to an activating group) is 1. The van der Waals surface area contributed by atoms with Crippen molar-refractivity contribution in [3.05, 3.63) is 35.9 Å². The van der Waals surface area contributed by atoms with Gasteiger partial charge in [-0.15, -0.1) is 0 Å². The van der Waals surface area contributed by atoms with E-state index in [1.54, 1.807) is 0 Å². The molecule has 1 aromatic carbocycles. The smallest absolute Gasteiger partial charge is 0.0345 e. The number of nitrogens with two attached hydrogens (primary N) is 1. The fourth-order valence-corrected chi connectivity index (χ4v) is 2.33. The van der Waals surface area contributed by atoms with E-state index in [9.17, 15) is 0 Å². The maximum absolute atomic E-state index is 6.06. The topological polar surface area (TPSA) is 41.3 Å². The quantitative estimate of drug-likeness (QED) is 0.790. The molecule has 1 aliphatic rings. The molecule has 0 aliphatic carbocycles. The highest BCUT2D eigenvalue weighted by Gasteiger charge is 2.24. The Bertz CT molecular complexity index is 312. The van der Waals surface area contributed by atoms with Gasteiger partial charge in [-0.05, 0) is 19.0 Å². The van der Waals surface area contributed by atoms with Crippen LogP contribution in [-0.2, 0) is 6.54 Å². The second kappa shape index (κ2) is 5.43. The van der Waals surface area contributed by atoms with Crippen molar-refractivity contribution in [2.75, 3.05) is 20.1 Å². The zero-order valence-corrected chi connectivity index (χ0v) is 9.89. The third-order valence-corrected chi connectivity index (χ3v) is 3.37. The lowest BCUT2D eigenvalue weighted by atomic mass is 10.00. The molecule has 3 N–H and O–H groups in total. The van der Waals surface area contributed by atoms with Crippen LogP contribution in [0.1, 0.15) is 12.0 Å². The van der Waals surface area contributed by atoms with Crippen LogP contribution in [0.15, 0.2) is 30.3 Å². The van der Waals surface area contributed by atoms with Gasteiger partial charge in [-0.1, -0.05) is 30.3 Å². The van der Waals surface area contributed by atoms with Gasteiger partial charge in [-0.3, -0.25) is 4.90 Å². The largest absolute Gasteiger partial charge is 0.326 e. The van der Waals surface area contributed by atoms with Crippen molar-refractivity contribution in [1.82, 2.24) is 10.2 Å². The highest BCUT2D eigenvalue weighted by atomic mass is 15.2. The molecule has 0 saturated carbocycles. The Labute approximate surface area is 97.6 Å². The van der Waals surface area contributed by atoms with Crippen molar-refractivity contribution in [3.63, 3.8) is 0 Å². The van der Waals surface area contributed by atoms with E-state index in [0.29, 0.717) is 12.1 Å². The van der Waals surface area contributed by atoms with Gasteiger partial charge in [0.05, 0.1) is 0 Å². The normalized spacial score (nSPS) is 26.9. The van der Waals surface area contributed by atoms with Crippen LogP contribution in [0.3, 0.4) is 0 Å². The average molecular weight is 219 g/mol. The summed E-state index contributed by atoms with van der Waals surface area (Å²) in [5.41, 5.74) is 7.44. The van der Waals surface area contributed by atoms with Crippen LogP contribution in [0, 0.1) is 0 Å². The summed E-state index contributed by atoms with van der Waals surface area (Å²) < 4.78 is 0. The van der Waals surface area contributed by atoms with E-state index in [1.165, 1.54) is 5.56 Å². The highest BCUT2D eigenvalue weighted by molar-refractivity contribution is 5.14. The van der Waals surface area contributed by atoms with Crippen LogP contribution in [0.2, 0.25) is 0 Å². The Balaban J connectivity index is 1.92. The predicted molar refractivity (Wildman–Crippen MR) is 67.2 cm³/mol. The van der Waals surface area contributed by atoms with Crippen LogP contribution < -0.4 is 11.1 Å². The second-order valence-electron chi connectivity index (χ2n) is 4.57. The Hall–Kier alpha value is -0.900. The van der Waals surface area contributed by atoms with Gasteiger partial charge < -0.3 is 11.1 Å². The molecule has 2 rings (SSSR count). The van der Waals surface area contributed by atoms with Crippen molar-refractivity contribution in [1.29, 1.82) is 0 Å². The van der Waals surface area contributed by atoms with Gasteiger partial charge in [0.2, 0.25) is 0 Å². The van der Waals surface area contributed by atoms with Gasteiger partial charge in [0.15, 0.2) is 0 Å². The molecule has 3 nitrogen and oxygen atoms in total. The molecule has 1 saturated heterocycles. The minimum Gasteiger partial charge on any atom is -0.326 e. The lowest BCUT2D eigenvalue weighted by Crippen LogP contribution is -2.55. The van der Waals surface area contributed by atoms with Gasteiger partial charge in [0.1, 0.15) is 0 Å². The van der Waals surface area contributed by atoms with Gasteiger partial charge in [0.25, 0.3) is 0 Å². The molecular formula is C13H21N3. The molecular weight excluding hydrogens is 198 g/mol. The van der Waals surface area contributed by atoms with E-state index in [2.05, 4.69) is 40.5 Å². The minimum absolute atomic E-state index is 0.303. The predicted octanol–water partition coefficient (Wildman–Crippen LogP) is 0.808. The van der Waals surface area contributed by atoms with E-state index in [1.807, 2.05) is 7.05 Å². The Morgan fingerprint density at radius 2 is 2.12 bits per heavy atom. The molecule has 0 spiro atoms.